The van der Waals surface area contributed by atoms with Crippen molar-refractivity contribution in [2.24, 2.45) is 0 Å². The van der Waals surface area contributed by atoms with Crippen LogP contribution in [0.1, 0.15) is 24.6 Å². The standard InChI is InChI=1S/C17H21N7S/c1-23(2)16-18-14(20-21-16)13-8-10-24(11-9-13)17-19-15(22-25-17)12-6-4-3-5-7-12/h3-7,13H,8-11H2,1-2H3,(H,18,20,21). The van der Waals surface area contributed by atoms with Crippen molar-refractivity contribution in [3.05, 3.63) is 36.2 Å². The van der Waals surface area contributed by atoms with Crippen LogP contribution in [0, 0.1) is 0 Å². The predicted molar refractivity (Wildman–Crippen MR) is 100 cm³/mol. The molecular weight excluding hydrogens is 334 g/mol. The summed E-state index contributed by atoms with van der Waals surface area (Å²) in [5.74, 6) is 2.98. The average Bonchev–Trinajstić information content (AvgIpc) is 3.33. The van der Waals surface area contributed by atoms with E-state index >= 15 is 0 Å². The van der Waals surface area contributed by atoms with Gasteiger partial charge in [0.05, 0.1) is 0 Å². The van der Waals surface area contributed by atoms with Crippen LogP contribution in [0.15, 0.2) is 30.3 Å². The summed E-state index contributed by atoms with van der Waals surface area (Å²) >= 11 is 1.48. The lowest BCUT2D eigenvalue weighted by Crippen LogP contribution is -2.33. The molecule has 25 heavy (non-hydrogen) atoms. The van der Waals surface area contributed by atoms with E-state index in [0.29, 0.717) is 5.92 Å². The summed E-state index contributed by atoms with van der Waals surface area (Å²) in [6.07, 6.45) is 2.09. The van der Waals surface area contributed by atoms with Gasteiger partial charge in [-0.1, -0.05) is 30.3 Å². The van der Waals surface area contributed by atoms with Gasteiger partial charge in [0.25, 0.3) is 0 Å². The first kappa shape index (κ1) is 16.0. The predicted octanol–water partition coefficient (Wildman–Crippen LogP) is 2.77. The van der Waals surface area contributed by atoms with Gasteiger partial charge in [-0.25, -0.2) is 0 Å². The van der Waals surface area contributed by atoms with E-state index in [0.717, 1.165) is 54.2 Å². The van der Waals surface area contributed by atoms with E-state index in [1.54, 1.807) is 0 Å². The molecule has 0 bridgehead atoms. The third-order valence-corrected chi connectivity index (χ3v) is 5.27. The zero-order valence-corrected chi connectivity index (χ0v) is 15.2. The van der Waals surface area contributed by atoms with Crippen molar-refractivity contribution >= 4 is 22.6 Å². The fourth-order valence-corrected chi connectivity index (χ4v) is 3.78. The summed E-state index contributed by atoms with van der Waals surface area (Å²) in [7, 11) is 3.91. The van der Waals surface area contributed by atoms with E-state index < -0.39 is 0 Å². The topological polar surface area (TPSA) is 73.8 Å². The molecule has 1 aliphatic rings. The van der Waals surface area contributed by atoms with Crippen molar-refractivity contribution in [2.45, 2.75) is 18.8 Å². The molecule has 0 atom stereocenters. The van der Waals surface area contributed by atoms with Crippen molar-refractivity contribution in [1.82, 2.24) is 24.5 Å². The lowest BCUT2D eigenvalue weighted by atomic mass is 9.96. The van der Waals surface area contributed by atoms with E-state index in [2.05, 4.69) is 24.5 Å². The summed E-state index contributed by atoms with van der Waals surface area (Å²) < 4.78 is 4.52. The van der Waals surface area contributed by atoms with Crippen molar-refractivity contribution in [3.8, 4) is 11.4 Å². The molecule has 1 aromatic carbocycles. The van der Waals surface area contributed by atoms with Crippen LogP contribution in [0.4, 0.5) is 11.1 Å². The average molecular weight is 355 g/mol. The zero-order valence-electron chi connectivity index (χ0n) is 14.4. The largest absolute Gasteiger partial charge is 0.347 e. The van der Waals surface area contributed by atoms with Crippen molar-refractivity contribution in [2.75, 3.05) is 37.0 Å². The maximum absolute atomic E-state index is 4.72. The zero-order chi connectivity index (χ0) is 17.2. The minimum absolute atomic E-state index is 0.430. The molecule has 4 rings (SSSR count). The summed E-state index contributed by atoms with van der Waals surface area (Å²) in [6.45, 7) is 1.93. The molecule has 0 aliphatic carbocycles. The SMILES string of the molecule is CN(C)c1n[nH]c(C2CCN(c3nc(-c4ccccc4)ns3)CC2)n1. The molecule has 1 aliphatic heterocycles. The first-order valence-corrected chi connectivity index (χ1v) is 9.22. The van der Waals surface area contributed by atoms with Gasteiger partial charge in [-0.2, -0.15) is 14.3 Å². The van der Waals surface area contributed by atoms with Gasteiger partial charge >= 0.3 is 0 Å². The van der Waals surface area contributed by atoms with Crippen LogP contribution < -0.4 is 9.80 Å². The summed E-state index contributed by atoms with van der Waals surface area (Å²) in [4.78, 5) is 13.6. The quantitative estimate of drug-likeness (QED) is 0.776. The summed E-state index contributed by atoms with van der Waals surface area (Å²) in [5.41, 5.74) is 1.07. The Balaban J connectivity index is 1.41. The molecule has 0 amide bonds. The van der Waals surface area contributed by atoms with E-state index in [1.807, 2.05) is 49.3 Å². The van der Waals surface area contributed by atoms with E-state index in [4.69, 9.17) is 4.98 Å². The number of nitrogens with zero attached hydrogens (tertiary/aromatic N) is 6. The first-order chi connectivity index (χ1) is 12.2. The van der Waals surface area contributed by atoms with Crippen molar-refractivity contribution in [3.63, 3.8) is 0 Å². The highest BCUT2D eigenvalue weighted by molar-refractivity contribution is 7.09. The molecule has 0 unspecified atom stereocenters. The summed E-state index contributed by atoms with van der Waals surface area (Å²) in [5, 5.41) is 8.35. The number of nitrogens with one attached hydrogen (secondary N) is 1. The minimum Gasteiger partial charge on any atom is -0.347 e. The molecule has 3 heterocycles. The Hall–Kier alpha value is -2.48. The highest BCUT2D eigenvalue weighted by Gasteiger charge is 2.25. The molecule has 1 saturated heterocycles. The molecule has 0 spiro atoms. The molecule has 8 heteroatoms. The minimum atomic E-state index is 0.430. The van der Waals surface area contributed by atoms with Gasteiger partial charge in [0, 0.05) is 50.2 Å². The Morgan fingerprint density at radius 3 is 2.56 bits per heavy atom. The smallest absolute Gasteiger partial charge is 0.244 e. The van der Waals surface area contributed by atoms with E-state index in [-0.39, 0.29) is 0 Å². The van der Waals surface area contributed by atoms with Crippen molar-refractivity contribution in [1.29, 1.82) is 0 Å². The fourth-order valence-electron chi connectivity index (χ4n) is 3.04. The molecule has 1 fully saturated rings. The van der Waals surface area contributed by atoms with Crippen LogP contribution >= 0.6 is 11.5 Å². The number of piperidine rings is 1. The highest BCUT2D eigenvalue weighted by Crippen LogP contribution is 2.31. The molecule has 0 saturated carbocycles. The number of H-pyrrole nitrogens is 1. The third kappa shape index (κ3) is 3.34. The first-order valence-electron chi connectivity index (χ1n) is 8.44. The van der Waals surface area contributed by atoms with Crippen LogP contribution in [0.3, 0.4) is 0 Å². The van der Waals surface area contributed by atoms with Gasteiger partial charge in [0.2, 0.25) is 11.1 Å². The van der Waals surface area contributed by atoms with Crippen LogP contribution in [0.5, 0.6) is 0 Å². The number of benzene rings is 1. The van der Waals surface area contributed by atoms with Gasteiger partial charge in [0.15, 0.2) is 5.82 Å². The van der Waals surface area contributed by atoms with Gasteiger partial charge in [-0.05, 0) is 12.8 Å². The Bertz CT molecular complexity index is 818. The molecule has 3 aromatic rings. The highest BCUT2D eigenvalue weighted by atomic mass is 32.1. The number of anilines is 2. The number of hydrogen-bond donors (Lipinski definition) is 1. The number of rotatable bonds is 4. The van der Waals surface area contributed by atoms with Gasteiger partial charge in [-0.3, -0.25) is 5.10 Å². The Labute approximate surface area is 150 Å². The molecule has 7 nitrogen and oxygen atoms in total. The molecule has 2 aromatic heterocycles. The number of hydrogen-bond acceptors (Lipinski definition) is 7. The Morgan fingerprint density at radius 2 is 1.88 bits per heavy atom. The fraction of sp³-hybridized carbons (Fsp3) is 0.412. The molecule has 130 valence electrons. The van der Waals surface area contributed by atoms with E-state index in [9.17, 15) is 0 Å². The number of aromatic amines is 1. The van der Waals surface area contributed by atoms with E-state index in [1.165, 1.54) is 11.5 Å². The van der Waals surface area contributed by atoms with Gasteiger partial charge in [-0.15, -0.1) is 5.10 Å². The van der Waals surface area contributed by atoms with Gasteiger partial charge < -0.3 is 9.80 Å². The number of aromatic nitrogens is 5. The van der Waals surface area contributed by atoms with Crippen LogP contribution in [0.2, 0.25) is 0 Å². The maximum atomic E-state index is 4.72. The Kier molecular flexibility index (Phi) is 4.35. The molecular formula is C17H21N7S. The van der Waals surface area contributed by atoms with Crippen LogP contribution in [-0.2, 0) is 0 Å². The molecule has 0 radical (unpaired) electrons. The van der Waals surface area contributed by atoms with Crippen molar-refractivity contribution < 1.29 is 0 Å². The Morgan fingerprint density at radius 1 is 1.12 bits per heavy atom. The molecule has 1 N–H and O–H groups in total. The van der Waals surface area contributed by atoms with Crippen LogP contribution in [-0.4, -0.2) is 51.7 Å². The van der Waals surface area contributed by atoms with Gasteiger partial charge in [0.1, 0.15) is 5.82 Å². The van der Waals surface area contributed by atoms with Crippen LogP contribution in [0.25, 0.3) is 11.4 Å². The monoisotopic (exact) mass is 355 g/mol. The summed E-state index contributed by atoms with van der Waals surface area (Å²) in [6, 6.07) is 10.1. The normalized spacial score (nSPS) is 15.5. The second kappa shape index (κ2) is 6.79. The lowest BCUT2D eigenvalue weighted by Gasteiger charge is -2.30. The third-order valence-electron chi connectivity index (χ3n) is 4.49. The second-order valence-corrected chi connectivity index (χ2v) is 7.17. The second-order valence-electron chi connectivity index (χ2n) is 6.44. The maximum Gasteiger partial charge on any atom is 0.244 e. The lowest BCUT2D eigenvalue weighted by molar-refractivity contribution is 0.486.